The van der Waals surface area contributed by atoms with E-state index in [0.29, 0.717) is 18.6 Å². The van der Waals surface area contributed by atoms with Gasteiger partial charge in [-0.05, 0) is 60.1 Å². The summed E-state index contributed by atoms with van der Waals surface area (Å²) in [5.41, 5.74) is 6.74. The number of carbonyl (C=O) groups is 2. The molecule has 0 spiro atoms. The van der Waals surface area contributed by atoms with Crippen LogP contribution in [0.4, 0.5) is 0 Å². The number of fused-ring (bicyclic) bond motifs is 2. The second-order valence-electron chi connectivity index (χ2n) is 10.9. The van der Waals surface area contributed by atoms with Crippen LogP contribution in [-0.4, -0.2) is 34.3 Å². The maximum Gasteiger partial charge on any atom is 0.157 e. The molecule has 2 atom stereocenters. The molecule has 0 saturated carbocycles. The Labute approximate surface area is 235 Å². The van der Waals surface area contributed by atoms with Crippen LogP contribution in [0.15, 0.2) is 90.2 Å². The van der Waals surface area contributed by atoms with Gasteiger partial charge in [-0.2, -0.15) is 0 Å². The highest BCUT2D eigenvalue weighted by Gasteiger charge is 2.16. The van der Waals surface area contributed by atoms with Gasteiger partial charge in [-0.25, -0.2) is 0 Å². The van der Waals surface area contributed by atoms with Crippen molar-refractivity contribution in [1.82, 2.24) is 9.97 Å². The number of nitrogens with one attached hydrogen (secondary N) is 2. The molecule has 40 heavy (non-hydrogen) atoms. The van der Waals surface area contributed by atoms with Gasteiger partial charge in [-0.3, -0.25) is 14.6 Å². The van der Waals surface area contributed by atoms with Gasteiger partial charge in [0.05, 0.1) is 6.54 Å². The number of rotatable bonds is 13. The topological polar surface area (TPSA) is 78.1 Å². The van der Waals surface area contributed by atoms with E-state index in [9.17, 15) is 9.59 Å². The highest BCUT2D eigenvalue weighted by molar-refractivity contribution is 5.88. The number of aromatic nitrogens is 2. The van der Waals surface area contributed by atoms with Gasteiger partial charge in [0.25, 0.3) is 0 Å². The number of aryl methyl sites for hydroxylation is 1. The summed E-state index contributed by atoms with van der Waals surface area (Å²) in [7, 11) is 0. The number of carbonyl (C=O) groups excluding carboxylic acids is 2. The number of ketones is 2. The molecule has 5 nitrogen and oxygen atoms in total. The molecule has 2 heterocycles. The van der Waals surface area contributed by atoms with Crippen LogP contribution in [0.2, 0.25) is 0 Å². The van der Waals surface area contributed by atoms with Crippen molar-refractivity contribution in [1.29, 1.82) is 0 Å². The third-order valence-corrected chi connectivity index (χ3v) is 7.83. The number of aromatic amines is 2. The lowest BCUT2D eigenvalue weighted by atomic mass is 9.93. The zero-order chi connectivity index (χ0) is 27.9. The molecule has 3 aromatic carbocycles. The summed E-state index contributed by atoms with van der Waals surface area (Å²) >= 11 is 0. The summed E-state index contributed by atoms with van der Waals surface area (Å²) in [6.45, 7) is 4.18. The average molecular weight is 532 g/mol. The normalized spacial score (nSPS) is 13.2. The minimum atomic E-state index is -0.0985. The molecular formula is C35H37N3O2. The average Bonchev–Trinajstić information content (AvgIpc) is 3.57. The highest BCUT2D eigenvalue weighted by atomic mass is 16.1. The number of hydrogen-bond acceptors (Lipinski definition) is 3. The summed E-state index contributed by atoms with van der Waals surface area (Å²) in [6, 6.07) is 24.6. The quantitative estimate of drug-likeness (QED) is 0.157. The molecule has 0 aliphatic heterocycles. The Morgan fingerprint density at radius 3 is 2.02 bits per heavy atom. The molecule has 0 radical (unpaired) electrons. The third-order valence-electron chi connectivity index (χ3n) is 7.83. The molecule has 0 aliphatic rings. The zero-order valence-electron chi connectivity index (χ0n) is 23.3. The highest BCUT2D eigenvalue weighted by Crippen LogP contribution is 2.23. The summed E-state index contributed by atoms with van der Waals surface area (Å²) in [4.78, 5) is 36.6. The molecule has 2 unspecified atom stereocenters. The molecule has 5 rings (SSSR count). The minimum absolute atomic E-state index is 0.00596. The number of hydrogen-bond donors (Lipinski definition) is 2. The molecule has 5 heteroatoms. The number of Topliss-reactive ketones (excluding diaryl/α,β-unsaturated/α-hetero) is 2. The van der Waals surface area contributed by atoms with E-state index in [1.54, 1.807) is 6.21 Å². The van der Waals surface area contributed by atoms with Crippen LogP contribution in [0.25, 0.3) is 21.8 Å². The maximum atomic E-state index is 12.8. The third kappa shape index (κ3) is 6.66. The fourth-order valence-corrected chi connectivity index (χ4v) is 5.43. The van der Waals surface area contributed by atoms with E-state index in [4.69, 9.17) is 0 Å². The van der Waals surface area contributed by atoms with Crippen LogP contribution in [0.3, 0.4) is 0 Å². The molecule has 0 amide bonds. The van der Waals surface area contributed by atoms with E-state index in [0.717, 1.165) is 35.9 Å². The number of benzene rings is 3. The van der Waals surface area contributed by atoms with E-state index in [1.165, 1.54) is 27.5 Å². The van der Waals surface area contributed by atoms with Crippen molar-refractivity contribution >= 4 is 39.6 Å². The van der Waals surface area contributed by atoms with Crippen molar-refractivity contribution in [3.05, 3.63) is 107 Å². The SMILES string of the molecule is CC(Cc1c[nH]c2ccccc12)C(=O)CCCc1cccc(C=NCC(=O)C(C)Cc2c[nH]c3ccccc23)c1. The molecule has 0 saturated heterocycles. The Kier molecular flexibility index (Phi) is 8.70. The molecular weight excluding hydrogens is 494 g/mol. The predicted molar refractivity (Wildman–Crippen MR) is 164 cm³/mol. The van der Waals surface area contributed by atoms with Crippen LogP contribution in [0, 0.1) is 11.8 Å². The molecule has 5 aromatic rings. The molecule has 0 bridgehead atoms. The Balaban J connectivity index is 1.07. The lowest BCUT2D eigenvalue weighted by Gasteiger charge is -2.10. The van der Waals surface area contributed by atoms with Gasteiger partial charge < -0.3 is 9.97 Å². The summed E-state index contributed by atoms with van der Waals surface area (Å²) in [6.07, 6.45) is 9.51. The van der Waals surface area contributed by atoms with Crippen LogP contribution in [0.1, 0.15) is 48.9 Å². The second-order valence-corrected chi connectivity index (χ2v) is 10.9. The van der Waals surface area contributed by atoms with Crippen LogP contribution in [0.5, 0.6) is 0 Å². The van der Waals surface area contributed by atoms with Gasteiger partial charge in [-0.15, -0.1) is 0 Å². The maximum absolute atomic E-state index is 12.8. The van der Waals surface area contributed by atoms with Gasteiger partial charge in [0.2, 0.25) is 0 Å². The van der Waals surface area contributed by atoms with Crippen LogP contribution >= 0.6 is 0 Å². The first-order valence-corrected chi connectivity index (χ1v) is 14.2. The van der Waals surface area contributed by atoms with Crippen molar-refractivity contribution in [2.75, 3.05) is 6.54 Å². The summed E-state index contributed by atoms with van der Waals surface area (Å²) in [5.74, 6) is 0.341. The van der Waals surface area contributed by atoms with Gasteiger partial charge in [-0.1, -0.05) is 74.5 Å². The molecule has 0 aliphatic carbocycles. The minimum Gasteiger partial charge on any atom is -0.361 e. The fraction of sp³-hybridized carbons (Fsp3) is 0.286. The monoisotopic (exact) mass is 531 g/mol. The Morgan fingerprint density at radius 2 is 1.38 bits per heavy atom. The largest absolute Gasteiger partial charge is 0.361 e. The lowest BCUT2D eigenvalue weighted by molar-refractivity contribution is -0.122. The number of nitrogens with zero attached hydrogens (tertiary/aromatic N) is 1. The van der Waals surface area contributed by atoms with E-state index >= 15 is 0 Å². The predicted octanol–water partition coefficient (Wildman–Crippen LogP) is 7.29. The summed E-state index contributed by atoms with van der Waals surface area (Å²) < 4.78 is 0. The van der Waals surface area contributed by atoms with E-state index in [-0.39, 0.29) is 24.2 Å². The van der Waals surface area contributed by atoms with Crippen molar-refractivity contribution in [2.24, 2.45) is 16.8 Å². The Morgan fingerprint density at radius 1 is 0.775 bits per heavy atom. The van der Waals surface area contributed by atoms with Crippen molar-refractivity contribution < 1.29 is 9.59 Å². The number of H-pyrrole nitrogens is 2. The molecule has 204 valence electrons. The van der Waals surface area contributed by atoms with Gasteiger partial charge in [0, 0.05) is 58.7 Å². The fourth-order valence-electron chi connectivity index (χ4n) is 5.43. The van der Waals surface area contributed by atoms with Crippen LogP contribution in [-0.2, 0) is 28.9 Å². The first-order chi connectivity index (χ1) is 19.5. The van der Waals surface area contributed by atoms with E-state index < -0.39 is 0 Å². The first-order valence-electron chi connectivity index (χ1n) is 14.2. The Bertz CT molecular complexity index is 1640. The van der Waals surface area contributed by atoms with E-state index in [2.05, 4.69) is 51.4 Å². The second kappa shape index (κ2) is 12.7. The number of para-hydroxylation sites is 2. The Hall–Kier alpha value is -4.25. The lowest BCUT2D eigenvalue weighted by Crippen LogP contribution is -2.16. The zero-order valence-corrected chi connectivity index (χ0v) is 23.3. The van der Waals surface area contributed by atoms with Gasteiger partial charge >= 0.3 is 0 Å². The van der Waals surface area contributed by atoms with Gasteiger partial charge in [0.15, 0.2) is 5.78 Å². The van der Waals surface area contributed by atoms with Crippen LogP contribution < -0.4 is 0 Å². The first kappa shape index (κ1) is 27.3. The van der Waals surface area contributed by atoms with Gasteiger partial charge in [0.1, 0.15) is 5.78 Å². The molecule has 0 fully saturated rings. The van der Waals surface area contributed by atoms with Crippen molar-refractivity contribution in [2.45, 2.75) is 46.0 Å². The van der Waals surface area contributed by atoms with Crippen molar-refractivity contribution in [3.63, 3.8) is 0 Å². The molecule has 2 aromatic heterocycles. The molecule has 2 N–H and O–H groups in total. The summed E-state index contributed by atoms with van der Waals surface area (Å²) in [5, 5.41) is 2.37. The smallest absolute Gasteiger partial charge is 0.157 e. The number of aliphatic imine (C=N–C) groups is 1. The van der Waals surface area contributed by atoms with E-state index in [1.807, 2.05) is 62.6 Å². The standard InChI is InChI=1S/C35H37N3O2/c1-24(17-28-21-37-32-14-5-3-12-30(28)32)34(39)16-8-10-26-9-7-11-27(19-26)20-36-23-35(40)25(2)18-29-22-38-33-15-6-4-13-31(29)33/h3-7,9,11-15,19-22,24-25,37-38H,8,10,16-18,23H2,1-2H3. The van der Waals surface area contributed by atoms with Crippen molar-refractivity contribution in [3.8, 4) is 0 Å².